The third kappa shape index (κ3) is 4.06. The summed E-state index contributed by atoms with van der Waals surface area (Å²) in [5, 5.41) is 11.1. The number of benzene rings is 2. The zero-order valence-electron chi connectivity index (χ0n) is 15.7. The quantitative estimate of drug-likeness (QED) is 0.593. The molecule has 8 heteroatoms. The van der Waals surface area contributed by atoms with Crippen LogP contribution in [0.5, 0.6) is 0 Å². The molecule has 1 aliphatic heterocycles. The van der Waals surface area contributed by atoms with Crippen molar-refractivity contribution in [3.8, 4) is 0 Å². The Morgan fingerprint density at radius 3 is 2.46 bits per heavy atom. The second-order valence-corrected chi connectivity index (χ2v) is 7.28. The molecule has 0 saturated carbocycles. The number of carbonyl (C=O) groups is 2. The van der Waals surface area contributed by atoms with Gasteiger partial charge in [0.05, 0.1) is 17.2 Å². The molecule has 1 aliphatic rings. The Morgan fingerprint density at radius 1 is 1.18 bits per heavy atom. The number of rotatable bonds is 3. The third-order valence-electron chi connectivity index (χ3n) is 3.96. The van der Waals surface area contributed by atoms with Crippen molar-refractivity contribution >= 4 is 29.1 Å². The minimum absolute atomic E-state index is 0.163. The lowest BCUT2D eigenvalue weighted by atomic mass is 10.1. The number of nitro groups is 1. The first-order valence-corrected chi connectivity index (χ1v) is 8.62. The number of carbonyl (C=O) groups excluding carboxylic acids is 2. The van der Waals surface area contributed by atoms with Crippen LogP contribution in [0.1, 0.15) is 31.9 Å². The van der Waals surface area contributed by atoms with Crippen LogP contribution in [0.4, 0.5) is 16.2 Å². The summed E-state index contributed by atoms with van der Waals surface area (Å²) >= 11 is 0. The van der Waals surface area contributed by atoms with Gasteiger partial charge in [0.2, 0.25) is 0 Å². The number of amides is 2. The molecule has 0 spiro atoms. The first kappa shape index (κ1) is 19.2. The molecule has 1 heterocycles. The van der Waals surface area contributed by atoms with Gasteiger partial charge in [0.1, 0.15) is 11.3 Å². The van der Waals surface area contributed by atoms with Crippen molar-refractivity contribution in [2.45, 2.75) is 32.9 Å². The van der Waals surface area contributed by atoms with Crippen LogP contribution >= 0.6 is 0 Å². The molecule has 2 aromatic rings. The lowest BCUT2D eigenvalue weighted by Crippen LogP contribution is -2.30. The van der Waals surface area contributed by atoms with Gasteiger partial charge in [-0.2, -0.15) is 4.99 Å². The summed E-state index contributed by atoms with van der Waals surface area (Å²) < 4.78 is 5.16. The van der Waals surface area contributed by atoms with E-state index in [1.54, 1.807) is 20.8 Å². The highest BCUT2D eigenvalue weighted by Crippen LogP contribution is 2.34. The minimum Gasteiger partial charge on any atom is -0.442 e. The Labute approximate surface area is 161 Å². The fourth-order valence-corrected chi connectivity index (χ4v) is 2.82. The van der Waals surface area contributed by atoms with Crippen molar-refractivity contribution in [1.29, 1.82) is 0 Å². The van der Waals surface area contributed by atoms with Gasteiger partial charge in [-0.25, -0.2) is 4.79 Å². The fraction of sp³-hybridized carbons (Fsp3) is 0.250. The van der Waals surface area contributed by atoms with E-state index < -0.39 is 22.5 Å². The van der Waals surface area contributed by atoms with Crippen molar-refractivity contribution < 1.29 is 19.2 Å². The second kappa shape index (κ2) is 7.22. The van der Waals surface area contributed by atoms with Crippen LogP contribution in [0, 0.1) is 10.1 Å². The average Bonchev–Trinajstić information content (AvgIpc) is 2.86. The molecule has 0 N–H and O–H groups in total. The van der Waals surface area contributed by atoms with Crippen LogP contribution in [0.15, 0.2) is 53.5 Å². The molecule has 2 amide bonds. The first-order valence-electron chi connectivity index (χ1n) is 8.62. The molecule has 3 rings (SSSR count). The largest absolute Gasteiger partial charge is 0.442 e. The molecule has 0 unspecified atom stereocenters. The van der Waals surface area contributed by atoms with Gasteiger partial charge in [-0.05, 0) is 32.4 Å². The molecular formula is C20H19N3O5. The molecule has 0 radical (unpaired) electrons. The van der Waals surface area contributed by atoms with Gasteiger partial charge in [-0.3, -0.25) is 14.9 Å². The summed E-state index contributed by atoms with van der Waals surface area (Å²) in [6.45, 7) is 5.30. The van der Waals surface area contributed by atoms with Crippen molar-refractivity contribution in [2.24, 2.45) is 4.99 Å². The second-order valence-electron chi connectivity index (χ2n) is 7.28. The van der Waals surface area contributed by atoms with Crippen molar-refractivity contribution in [3.63, 3.8) is 0 Å². The summed E-state index contributed by atoms with van der Waals surface area (Å²) in [5.41, 5.74) is 0.438. The van der Waals surface area contributed by atoms with E-state index in [4.69, 9.17) is 4.74 Å². The lowest BCUT2D eigenvalue weighted by molar-refractivity contribution is -0.384. The average molecular weight is 381 g/mol. The SMILES string of the molecule is CC(C)(C)OC(=O)/N=C1/C(=O)N(Cc2ccccc2)c2ccc([N+](=O)[O-])cc21. The maximum absolute atomic E-state index is 13.0. The molecule has 0 aromatic heterocycles. The van der Waals surface area contributed by atoms with Gasteiger partial charge >= 0.3 is 6.09 Å². The predicted octanol–water partition coefficient (Wildman–Crippen LogP) is 3.87. The highest BCUT2D eigenvalue weighted by atomic mass is 16.6. The molecule has 28 heavy (non-hydrogen) atoms. The number of nitro benzene ring substituents is 1. The topological polar surface area (TPSA) is 102 Å². The Kier molecular flexibility index (Phi) is 4.96. The van der Waals surface area contributed by atoms with Crippen LogP contribution in [0.2, 0.25) is 0 Å². The number of anilines is 1. The van der Waals surface area contributed by atoms with Crippen LogP contribution in [0.25, 0.3) is 0 Å². The zero-order valence-corrected chi connectivity index (χ0v) is 15.7. The molecule has 0 saturated heterocycles. The number of non-ortho nitro benzene ring substituents is 1. The number of aliphatic imine (C=N–C) groups is 1. The van der Waals surface area contributed by atoms with E-state index >= 15 is 0 Å². The molecule has 0 bridgehead atoms. The van der Waals surface area contributed by atoms with Crippen LogP contribution in [0.3, 0.4) is 0 Å². The van der Waals surface area contributed by atoms with E-state index in [1.807, 2.05) is 30.3 Å². The Bertz CT molecular complexity index is 977. The Morgan fingerprint density at radius 2 is 1.86 bits per heavy atom. The van der Waals surface area contributed by atoms with E-state index in [0.29, 0.717) is 5.69 Å². The predicted molar refractivity (Wildman–Crippen MR) is 103 cm³/mol. The van der Waals surface area contributed by atoms with Gasteiger partial charge in [-0.1, -0.05) is 30.3 Å². The molecule has 0 atom stereocenters. The van der Waals surface area contributed by atoms with Crippen LogP contribution < -0.4 is 4.90 Å². The number of nitrogens with zero attached hydrogens (tertiary/aromatic N) is 3. The van der Waals surface area contributed by atoms with Crippen molar-refractivity contribution in [2.75, 3.05) is 4.90 Å². The highest BCUT2D eigenvalue weighted by Gasteiger charge is 2.36. The Balaban J connectivity index is 2.04. The monoisotopic (exact) mass is 381 g/mol. The van der Waals surface area contributed by atoms with Gasteiger partial charge < -0.3 is 9.64 Å². The summed E-state index contributed by atoms with van der Waals surface area (Å²) in [5.74, 6) is -0.509. The fourth-order valence-electron chi connectivity index (χ4n) is 2.82. The zero-order chi connectivity index (χ0) is 20.5. The Hall–Kier alpha value is -3.55. The van der Waals surface area contributed by atoms with Crippen molar-refractivity contribution in [1.82, 2.24) is 0 Å². The summed E-state index contributed by atoms with van der Waals surface area (Å²) in [6, 6.07) is 13.4. The maximum atomic E-state index is 13.0. The third-order valence-corrected chi connectivity index (χ3v) is 3.96. The minimum atomic E-state index is -0.921. The molecule has 0 aliphatic carbocycles. The highest BCUT2D eigenvalue weighted by molar-refractivity contribution is 6.55. The van der Waals surface area contributed by atoms with E-state index in [2.05, 4.69) is 4.99 Å². The van der Waals surface area contributed by atoms with Crippen LogP contribution in [-0.4, -0.2) is 28.2 Å². The van der Waals surface area contributed by atoms with E-state index in [0.717, 1.165) is 5.56 Å². The normalized spacial score (nSPS) is 14.9. The van der Waals surface area contributed by atoms with Crippen molar-refractivity contribution in [3.05, 3.63) is 69.8 Å². The number of ether oxygens (including phenoxy) is 1. The van der Waals surface area contributed by atoms with E-state index in [-0.39, 0.29) is 23.5 Å². The number of hydrogen-bond donors (Lipinski definition) is 0. The maximum Gasteiger partial charge on any atom is 0.434 e. The summed E-state index contributed by atoms with van der Waals surface area (Å²) in [7, 11) is 0. The van der Waals surface area contributed by atoms with E-state index in [9.17, 15) is 19.7 Å². The van der Waals surface area contributed by atoms with Gasteiger partial charge in [-0.15, -0.1) is 0 Å². The summed E-state index contributed by atoms with van der Waals surface area (Å²) in [4.78, 5) is 41.0. The first-order chi connectivity index (χ1) is 13.2. The lowest BCUT2D eigenvalue weighted by Gasteiger charge is -2.17. The molecular weight excluding hydrogens is 362 g/mol. The van der Waals surface area contributed by atoms with Crippen LogP contribution in [-0.2, 0) is 16.1 Å². The van der Waals surface area contributed by atoms with Gasteiger partial charge in [0.25, 0.3) is 11.6 Å². The molecule has 8 nitrogen and oxygen atoms in total. The number of fused-ring (bicyclic) bond motifs is 1. The molecule has 2 aromatic carbocycles. The molecule has 144 valence electrons. The van der Waals surface area contributed by atoms with Gasteiger partial charge in [0.15, 0.2) is 0 Å². The van der Waals surface area contributed by atoms with E-state index in [1.165, 1.54) is 23.1 Å². The number of hydrogen-bond acceptors (Lipinski definition) is 5. The van der Waals surface area contributed by atoms with Gasteiger partial charge in [0, 0.05) is 17.7 Å². The summed E-state index contributed by atoms with van der Waals surface area (Å²) in [6.07, 6.45) is -0.921. The molecule has 0 fully saturated rings. The smallest absolute Gasteiger partial charge is 0.434 e. The standard InChI is InChI=1S/C20H19N3O5/c1-20(2,3)28-19(25)21-17-15-11-14(23(26)27)9-10-16(15)22(18(17)24)12-13-7-5-4-6-8-13/h4-11H,12H2,1-3H3/b21-17+.